The highest BCUT2D eigenvalue weighted by molar-refractivity contribution is 5.09. The summed E-state index contributed by atoms with van der Waals surface area (Å²) in [4.78, 5) is 0. The topological polar surface area (TPSA) is 0 Å². The second kappa shape index (κ2) is 9.74. The Morgan fingerprint density at radius 1 is 1.00 bits per heavy atom. The number of hydrogen-bond donors (Lipinski definition) is 0. The summed E-state index contributed by atoms with van der Waals surface area (Å²) >= 11 is 0. The minimum Gasteiger partial charge on any atom is -0.0879 e. The van der Waals surface area contributed by atoms with Crippen molar-refractivity contribution in [2.75, 3.05) is 0 Å². The zero-order valence-electron chi connectivity index (χ0n) is 13.1. The molecule has 0 aliphatic carbocycles. The van der Waals surface area contributed by atoms with Gasteiger partial charge in [-0.2, -0.15) is 0 Å². The predicted molar refractivity (Wildman–Crippen MR) is 80.3 cm³/mol. The fourth-order valence-electron chi connectivity index (χ4n) is 3.12. The SMILES string of the molecule is CC=C(C(C)C)C(CCC)C(CC)CCCC. The molecule has 0 spiro atoms. The van der Waals surface area contributed by atoms with Crippen molar-refractivity contribution in [3.8, 4) is 0 Å². The highest BCUT2D eigenvalue weighted by atomic mass is 14.3. The van der Waals surface area contributed by atoms with E-state index in [1.807, 2.05) is 0 Å². The molecule has 0 saturated heterocycles. The smallest absolute Gasteiger partial charge is 0.0173 e. The van der Waals surface area contributed by atoms with Crippen LogP contribution in [0.1, 0.15) is 80.1 Å². The van der Waals surface area contributed by atoms with E-state index >= 15 is 0 Å². The quantitative estimate of drug-likeness (QED) is 0.418. The van der Waals surface area contributed by atoms with Crippen molar-refractivity contribution in [1.82, 2.24) is 0 Å². The van der Waals surface area contributed by atoms with Crippen molar-refractivity contribution in [2.45, 2.75) is 80.1 Å². The third-order valence-corrected chi connectivity index (χ3v) is 4.05. The fourth-order valence-corrected chi connectivity index (χ4v) is 3.12. The Bertz CT molecular complexity index is 200. The first kappa shape index (κ1) is 16.7. The molecule has 2 unspecified atom stereocenters. The first-order valence-corrected chi connectivity index (χ1v) is 7.78. The fraction of sp³-hybridized carbons (Fsp3) is 0.882. The summed E-state index contributed by atoms with van der Waals surface area (Å²) in [7, 11) is 0. The van der Waals surface area contributed by atoms with Gasteiger partial charge in [-0.15, -0.1) is 0 Å². The van der Waals surface area contributed by atoms with Gasteiger partial charge >= 0.3 is 0 Å². The highest BCUT2D eigenvalue weighted by Crippen LogP contribution is 2.35. The van der Waals surface area contributed by atoms with E-state index in [2.05, 4.69) is 47.6 Å². The first-order chi connectivity index (χ1) is 8.12. The summed E-state index contributed by atoms with van der Waals surface area (Å²) in [6, 6.07) is 0. The molecule has 0 heteroatoms. The van der Waals surface area contributed by atoms with Crippen LogP contribution in [0.15, 0.2) is 11.6 Å². The summed E-state index contributed by atoms with van der Waals surface area (Å²) in [5.41, 5.74) is 1.70. The monoisotopic (exact) mass is 238 g/mol. The molecule has 0 heterocycles. The van der Waals surface area contributed by atoms with Crippen molar-refractivity contribution in [1.29, 1.82) is 0 Å². The van der Waals surface area contributed by atoms with Crippen molar-refractivity contribution >= 4 is 0 Å². The molecular formula is C17H34. The molecule has 2 atom stereocenters. The van der Waals surface area contributed by atoms with Crippen molar-refractivity contribution < 1.29 is 0 Å². The molecule has 0 bridgehead atoms. The van der Waals surface area contributed by atoms with Crippen LogP contribution in [0.3, 0.4) is 0 Å². The number of allylic oxidation sites excluding steroid dienone is 2. The van der Waals surface area contributed by atoms with E-state index < -0.39 is 0 Å². The Balaban J connectivity index is 4.77. The molecule has 0 aliphatic heterocycles. The van der Waals surface area contributed by atoms with Crippen LogP contribution in [0.5, 0.6) is 0 Å². The van der Waals surface area contributed by atoms with E-state index in [1.54, 1.807) is 5.57 Å². The van der Waals surface area contributed by atoms with Gasteiger partial charge in [0.25, 0.3) is 0 Å². The Kier molecular flexibility index (Phi) is 9.59. The van der Waals surface area contributed by atoms with Crippen molar-refractivity contribution in [3.63, 3.8) is 0 Å². The standard InChI is InChI=1S/C17H34/c1-7-11-13-15(9-3)17(12-8-2)16(10-4)14(5)6/h10,14-15,17H,7-9,11-13H2,1-6H3. The van der Waals surface area contributed by atoms with E-state index in [1.165, 1.54) is 38.5 Å². The van der Waals surface area contributed by atoms with E-state index in [4.69, 9.17) is 0 Å². The Morgan fingerprint density at radius 3 is 2.00 bits per heavy atom. The first-order valence-electron chi connectivity index (χ1n) is 7.78. The molecular weight excluding hydrogens is 204 g/mol. The molecule has 0 saturated carbocycles. The molecule has 0 aliphatic rings. The van der Waals surface area contributed by atoms with Gasteiger partial charge in [-0.3, -0.25) is 0 Å². The van der Waals surface area contributed by atoms with Gasteiger partial charge in [0.1, 0.15) is 0 Å². The summed E-state index contributed by atoms with van der Waals surface area (Å²) in [5.74, 6) is 2.46. The van der Waals surface area contributed by atoms with E-state index in [0.717, 1.165) is 11.8 Å². The maximum Gasteiger partial charge on any atom is -0.0173 e. The Morgan fingerprint density at radius 2 is 1.65 bits per heavy atom. The van der Waals surface area contributed by atoms with Gasteiger partial charge in [-0.1, -0.05) is 72.0 Å². The Hall–Kier alpha value is -0.260. The highest BCUT2D eigenvalue weighted by Gasteiger charge is 2.23. The van der Waals surface area contributed by atoms with E-state index in [0.29, 0.717) is 5.92 Å². The van der Waals surface area contributed by atoms with Crippen LogP contribution < -0.4 is 0 Å². The molecule has 0 fully saturated rings. The molecule has 0 aromatic carbocycles. The van der Waals surface area contributed by atoms with Gasteiger partial charge in [0.15, 0.2) is 0 Å². The number of unbranched alkanes of at least 4 members (excludes halogenated alkanes) is 1. The molecule has 102 valence electrons. The second-order valence-electron chi connectivity index (χ2n) is 5.65. The van der Waals surface area contributed by atoms with Crippen LogP contribution >= 0.6 is 0 Å². The summed E-state index contributed by atoms with van der Waals surface area (Å²) in [6.07, 6.45) is 10.6. The lowest BCUT2D eigenvalue weighted by Gasteiger charge is -2.30. The number of hydrogen-bond acceptors (Lipinski definition) is 0. The van der Waals surface area contributed by atoms with Crippen LogP contribution in [-0.2, 0) is 0 Å². The maximum atomic E-state index is 2.39. The van der Waals surface area contributed by atoms with Crippen LogP contribution in [-0.4, -0.2) is 0 Å². The van der Waals surface area contributed by atoms with Crippen LogP contribution in [0.2, 0.25) is 0 Å². The van der Waals surface area contributed by atoms with Gasteiger partial charge in [0.2, 0.25) is 0 Å². The van der Waals surface area contributed by atoms with Crippen LogP contribution in [0.4, 0.5) is 0 Å². The molecule has 0 amide bonds. The molecule has 0 N–H and O–H groups in total. The van der Waals surface area contributed by atoms with Gasteiger partial charge in [-0.25, -0.2) is 0 Å². The normalized spacial score (nSPS) is 16.3. The lowest BCUT2D eigenvalue weighted by atomic mass is 9.75. The molecule has 0 aromatic rings. The number of rotatable bonds is 9. The average molecular weight is 238 g/mol. The van der Waals surface area contributed by atoms with E-state index in [9.17, 15) is 0 Å². The van der Waals surface area contributed by atoms with Crippen molar-refractivity contribution in [2.24, 2.45) is 17.8 Å². The van der Waals surface area contributed by atoms with Gasteiger partial charge in [0.05, 0.1) is 0 Å². The largest absolute Gasteiger partial charge is 0.0879 e. The summed E-state index contributed by atoms with van der Waals surface area (Å²) < 4.78 is 0. The maximum absolute atomic E-state index is 2.39. The lowest BCUT2D eigenvalue weighted by molar-refractivity contribution is 0.300. The molecule has 17 heavy (non-hydrogen) atoms. The summed E-state index contributed by atoms with van der Waals surface area (Å²) in [5, 5.41) is 0. The molecule has 0 rings (SSSR count). The molecule has 0 radical (unpaired) electrons. The Labute approximate surface area is 110 Å². The zero-order chi connectivity index (χ0) is 13.3. The zero-order valence-corrected chi connectivity index (χ0v) is 13.1. The van der Waals surface area contributed by atoms with Gasteiger partial charge in [0, 0.05) is 0 Å². The molecule has 0 aromatic heterocycles. The van der Waals surface area contributed by atoms with Crippen molar-refractivity contribution in [3.05, 3.63) is 11.6 Å². The lowest BCUT2D eigenvalue weighted by Crippen LogP contribution is -2.19. The second-order valence-corrected chi connectivity index (χ2v) is 5.65. The van der Waals surface area contributed by atoms with Gasteiger partial charge < -0.3 is 0 Å². The minimum absolute atomic E-state index is 0.715. The van der Waals surface area contributed by atoms with E-state index in [-0.39, 0.29) is 0 Å². The van der Waals surface area contributed by atoms with Gasteiger partial charge in [-0.05, 0) is 37.5 Å². The minimum atomic E-state index is 0.715. The van der Waals surface area contributed by atoms with Crippen LogP contribution in [0, 0.1) is 17.8 Å². The predicted octanol–water partition coefficient (Wildman–Crippen LogP) is 6.22. The average Bonchev–Trinajstić information content (AvgIpc) is 2.30. The third-order valence-electron chi connectivity index (χ3n) is 4.05. The summed E-state index contributed by atoms with van der Waals surface area (Å²) in [6.45, 7) is 13.9. The van der Waals surface area contributed by atoms with Crippen LogP contribution in [0.25, 0.3) is 0 Å². The third kappa shape index (κ3) is 5.75. The molecule has 0 nitrogen and oxygen atoms in total.